The lowest BCUT2D eigenvalue weighted by atomic mass is 9.69. The number of ether oxygens (including phenoxy) is 1. The topological polar surface area (TPSA) is 99.5 Å². The summed E-state index contributed by atoms with van der Waals surface area (Å²) < 4.78 is 68.5. The van der Waals surface area contributed by atoms with Gasteiger partial charge in [-0.1, -0.05) is 13.8 Å². The summed E-state index contributed by atoms with van der Waals surface area (Å²) in [6.07, 6.45) is -4.33. The van der Waals surface area contributed by atoms with Gasteiger partial charge in [0.25, 0.3) is 0 Å². The third-order valence-corrected chi connectivity index (χ3v) is 5.31. The standard InChI is InChI=1S/C19H22F5N3O4/c1-11(14(29)26-9-18(20,21)19(22,23)24)15(30)27-4-5-31-17(10-27)6-12(7-25)13(28)16(2,3)8-17/h6,11H,4-5,8-10H2,1-3H3,(H,26,29). The lowest BCUT2D eigenvalue weighted by molar-refractivity contribution is -0.278. The van der Waals surface area contributed by atoms with Crippen LogP contribution in [0.25, 0.3) is 0 Å². The number of amides is 2. The number of hydrogen-bond acceptors (Lipinski definition) is 5. The summed E-state index contributed by atoms with van der Waals surface area (Å²) in [7, 11) is 0. The van der Waals surface area contributed by atoms with Gasteiger partial charge in [-0.2, -0.15) is 27.2 Å². The number of morpholine rings is 1. The van der Waals surface area contributed by atoms with Crippen molar-refractivity contribution in [3.8, 4) is 6.07 Å². The maximum atomic E-state index is 13.0. The van der Waals surface area contributed by atoms with Crippen molar-refractivity contribution in [1.82, 2.24) is 10.2 Å². The van der Waals surface area contributed by atoms with E-state index in [1.165, 1.54) is 16.3 Å². The highest BCUT2D eigenvalue weighted by atomic mass is 19.4. The lowest BCUT2D eigenvalue weighted by Crippen LogP contribution is -2.58. The van der Waals surface area contributed by atoms with E-state index in [0.29, 0.717) is 0 Å². The van der Waals surface area contributed by atoms with Gasteiger partial charge in [0.05, 0.1) is 25.3 Å². The van der Waals surface area contributed by atoms with Crippen LogP contribution in [0.4, 0.5) is 22.0 Å². The van der Waals surface area contributed by atoms with Gasteiger partial charge in [0, 0.05) is 12.0 Å². The van der Waals surface area contributed by atoms with Crippen molar-refractivity contribution in [2.45, 2.75) is 44.9 Å². The molecule has 0 radical (unpaired) electrons. The normalized spacial score (nSPS) is 24.9. The molecule has 2 rings (SSSR count). The van der Waals surface area contributed by atoms with Crippen LogP contribution in [0.3, 0.4) is 0 Å². The Hall–Kier alpha value is -2.55. The Morgan fingerprint density at radius 3 is 2.48 bits per heavy atom. The van der Waals surface area contributed by atoms with Crippen LogP contribution in [-0.2, 0) is 19.1 Å². The first-order valence-electron chi connectivity index (χ1n) is 9.38. The van der Waals surface area contributed by atoms with Gasteiger partial charge in [-0.25, -0.2) is 0 Å². The Morgan fingerprint density at radius 2 is 1.94 bits per heavy atom. The van der Waals surface area contributed by atoms with Crippen LogP contribution in [-0.4, -0.2) is 66.4 Å². The molecule has 0 saturated carbocycles. The van der Waals surface area contributed by atoms with Gasteiger partial charge in [0.15, 0.2) is 5.78 Å². The average molecular weight is 451 g/mol. The molecule has 0 aromatic carbocycles. The van der Waals surface area contributed by atoms with E-state index in [0.717, 1.165) is 6.92 Å². The van der Waals surface area contributed by atoms with E-state index in [1.54, 1.807) is 13.8 Å². The molecule has 1 N–H and O–H groups in total. The molecule has 0 bridgehead atoms. The predicted molar refractivity (Wildman–Crippen MR) is 95.5 cm³/mol. The second kappa shape index (κ2) is 8.18. The molecule has 7 nitrogen and oxygen atoms in total. The molecule has 2 amide bonds. The molecule has 12 heteroatoms. The Balaban J connectivity index is 2.12. The summed E-state index contributed by atoms with van der Waals surface area (Å²) in [5.74, 6) is -9.10. The number of nitrogens with one attached hydrogen (secondary N) is 1. The molecule has 1 spiro atoms. The SMILES string of the molecule is CC(C(=O)NCC(F)(F)C(F)(F)F)C(=O)N1CCOC2(C=C(C#N)C(=O)C(C)(C)C2)C1. The van der Waals surface area contributed by atoms with E-state index in [4.69, 9.17) is 4.74 Å². The number of allylic oxidation sites excluding steroid dienone is 1. The van der Waals surface area contributed by atoms with Crippen LogP contribution in [0.15, 0.2) is 11.6 Å². The number of alkyl halides is 5. The summed E-state index contributed by atoms with van der Waals surface area (Å²) in [5.41, 5.74) is -2.22. The molecule has 0 aromatic rings. The maximum absolute atomic E-state index is 13.0. The van der Waals surface area contributed by atoms with E-state index < -0.39 is 47.4 Å². The molecular weight excluding hydrogens is 429 g/mol. The fourth-order valence-electron chi connectivity index (χ4n) is 3.68. The van der Waals surface area contributed by atoms with Gasteiger partial charge < -0.3 is 15.0 Å². The van der Waals surface area contributed by atoms with Gasteiger partial charge in [-0.05, 0) is 19.4 Å². The zero-order chi connectivity index (χ0) is 23.8. The first-order valence-corrected chi connectivity index (χ1v) is 9.38. The van der Waals surface area contributed by atoms with Crippen LogP contribution in [0.2, 0.25) is 0 Å². The number of ketones is 1. The molecule has 2 unspecified atom stereocenters. The van der Waals surface area contributed by atoms with Crippen molar-refractivity contribution in [2.24, 2.45) is 11.3 Å². The van der Waals surface area contributed by atoms with Crippen molar-refractivity contribution in [3.63, 3.8) is 0 Å². The molecule has 2 atom stereocenters. The molecule has 1 heterocycles. The predicted octanol–water partition coefficient (Wildman–Crippen LogP) is 1.98. The fraction of sp³-hybridized carbons (Fsp3) is 0.684. The van der Waals surface area contributed by atoms with E-state index in [1.807, 2.05) is 6.07 Å². The van der Waals surface area contributed by atoms with Gasteiger partial charge >= 0.3 is 12.1 Å². The summed E-state index contributed by atoms with van der Waals surface area (Å²) in [5, 5.41) is 10.7. The van der Waals surface area contributed by atoms with Crippen molar-refractivity contribution >= 4 is 17.6 Å². The second-order valence-corrected chi connectivity index (χ2v) is 8.37. The third kappa shape index (κ3) is 5.03. The van der Waals surface area contributed by atoms with E-state index in [9.17, 15) is 41.6 Å². The largest absolute Gasteiger partial charge is 0.455 e. The maximum Gasteiger partial charge on any atom is 0.455 e. The fourth-order valence-corrected chi connectivity index (χ4v) is 3.68. The van der Waals surface area contributed by atoms with E-state index in [2.05, 4.69) is 0 Å². The highest BCUT2D eigenvalue weighted by Gasteiger charge is 2.57. The highest BCUT2D eigenvalue weighted by Crippen LogP contribution is 2.41. The zero-order valence-electron chi connectivity index (χ0n) is 17.1. The molecule has 2 aliphatic rings. The van der Waals surface area contributed by atoms with E-state index >= 15 is 0 Å². The first-order chi connectivity index (χ1) is 14.1. The Labute approximate surface area is 175 Å². The van der Waals surface area contributed by atoms with Crippen molar-refractivity contribution < 1.29 is 41.1 Å². The molecule has 31 heavy (non-hydrogen) atoms. The molecular formula is C19H22F5N3O4. The second-order valence-electron chi connectivity index (χ2n) is 8.37. The molecule has 1 aliphatic carbocycles. The number of carbonyl (C=O) groups is 3. The number of hydrogen-bond donors (Lipinski definition) is 1. The van der Waals surface area contributed by atoms with Crippen LogP contribution < -0.4 is 5.32 Å². The molecule has 1 fully saturated rings. The van der Waals surface area contributed by atoms with Crippen LogP contribution in [0, 0.1) is 22.7 Å². The minimum absolute atomic E-state index is 0.0195. The number of Topliss-reactive ketones (excluding diaryl/α,β-unsaturated/α-hetero) is 1. The first kappa shape index (κ1) is 24.7. The van der Waals surface area contributed by atoms with Gasteiger partial charge in [0.2, 0.25) is 11.8 Å². The van der Waals surface area contributed by atoms with Gasteiger partial charge in [-0.3, -0.25) is 14.4 Å². The number of carbonyl (C=O) groups excluding carboxylic acids is 3. The van der Waals surface area contributed by atoms with Crippen LogP contribution in [0.1, 0.15) is 27.2 Å². The van der Waals surface area contributed by atoms with E-state index in [-0.39, 0.29) is 37.5 Å². The monoisotopic (exact) mass is 451 g/mol. The zero-order valence-corrected chi connectivity index (χ0v) is 17.1. The quantitative estimate of drug-likeness (QED) is 0.521. The van der Waals surface area contributed by atoms with Crippen molar-refractivity contribution in [1.29, 1.82) is 5.26 Å². The minimum atomic E-state index is -5.83. The van der Waals surface area contributed by atoms with Crippen LogP contribution >= 0.6 is 0 Å². The Morgan fingerprint density at radius 1 is 1.32 bits per heavy atom. The average Bonchev–Trinajstić information content (AvgIpc) is 2.66. The number of nitriles is 1. The molecule has 1 saturated heterocycles. The lowest BCUT2D eigenvalue weighted by Gasteiger charge is -2.47. The molecule has 0 aromatic heterocycles. The summed E-state index contributed by atoms with van der Waals surface area (Å²) >= 11 is 0. The molecule has 1 aliphatic heterocycles. The minimum Gasteiger partial charge on any atom is -0.367 e. The van der Waals surface area contributed by atoms with Crippen molar-refractivity contribution in [3.05, 3.63) is 11.6 Å². The summed E-state index contributed by atoms with van der Waals surface area (Å²) in [6.45, 7) is 2.32. The summed E-state index contributed by atoms with van der Waals surface area (Å²) in [6, 6.07) is 1.81. The Kier molecular flexibility index (Phi) is 6.52. The summed E-state index contributed by atoms with van der Waals surface area (Å²) in [4.78, 5) is 38.3. The smallest absolute Gasteiger partial charge is 0.367 e. The third-order valence-electron chi connectivity index (χ3n) is 5.31. The van der Waals surface area contributed by atoms with Crippen molar-refractivity contribution in [2.75, 3.05) is 26.2 Å². The molecule has 172 valence electrons. The highest BCUT2D eigenvalue weighted by molar-refractivity contribution is 6.04. The number of halogens is 5. The number of nitrogens with zero attached hydrogens (tertiary/aromatic N) is 2. The Bertz CT molecular complexity index is 846. The number of rotatable bonds is 4. The van der Waals surface area contributed by atoms with Crippen LogP contribution in [0.5, 0.6) is 0 Å². The van der Waals surface area contributed by atoms with Gasteiger partial charge in [-0.15, -0.1) is 0 Å². The van der Waals surface area contributed by atoms with Gasteiger partial charge in [0.1, 0.15) is 17.6 Å².